The van der Waals surface area contributed by atoms with Gasteiger partial charge in [-0.3, -0.25) is 10.2 Å². The minimum atomic E-state index is -0.330. The monoisotopic (exact) mass is 317 g/mol. The zero-order valence-electron chi connectivity index (χ0n) is 10.3. The molecule has 0 spiro atoms. The first-order valence-electron chi connectivity index (χ1n) is 5.29. The maximum atomic E-state index is 11.5. The van der Waals surface area contributed by atoms with E-state index in [1.54, 1.807) is 43.1 Å². The number of nitrogens with zero attached hydrogens (tertiary/aromatic N) is 1. The zero-order chi connectivity index (χ0) is 12.7. The van der Waals surface area contributed by atoms with Crippen LogP contribution in [-0.4, -0.2) is 25.5 Å². The van der Waals surface area contributed by atoms with E-state index in [0.29, 0.717) is 12.2 Å². The van der Waals surface area contributed by atoms with Crippen molar-refractivity contribution in [1.29, 1.82) is 0 Å². The number of hydrogen-bond donors (Lipinski definition) is 2. The van der Waals surface area contributed by atoms with Gasteiger partial charge in [-0.05, 0) is 13.0 Å². The van der Waals surface area contributed by atoms with E-state index in [2.05, 4.69) is 10.9 Å². The van der Waals surface area contributed by atoms with Crippen LogP contribution in [0.5, 0.6) is 0 Å². The highest BCUT2D eigenvalue weighted by Gasteiger charge is 2.13. The summed E-state index contributed by atoms with van der Waals surface area (Å²) in [6, 6.07) is 3.36. The van der Waals surface area contributed by atoms with Gasteiger partial charge in [0.05, 0.1) is 6.61 Å². The number of nitrogens with one attached hydrogen (secondary N) is 2. The molecule has 1 amide bonds. The molecule has 18 heavy (non-hydrogen) atoms. The van der Waals surface area contributed by atoms with Gasteiger partial charge in [-0.25, -0.2) is 10.2 Å². The first-order chi connectivity index (χ1) is 8.17. The van der Waals surface area contributed by atoms with Crippen molar-refractivity contribution in [1.82, 2.24) is 10.9 Å². The van der Waals surface area contributed by atoms with Crippen molar-refractivity contribution >= 4 is 11.9 Å². The summed E-state index contributed by atoms with van der Waals surface area (Å²) in [6.07, 6.45) is 3.29. The Balaban J connectivity index is 0.00000289. The van der Waals surface area contributed by atoms with E-state index in [1.165, 1.54) is 0 Å². The first kappa shape index (κ1) is 16.5. The van der Waals surface area contributed by atoms with Crippen LogP contribution in [-0.2, 0) is 16.1 Å². The zero-order valence-corrected chi connectivity index (χ0v) is 11.9. The smallest absolute Gasteiger partial charge is 0.372 e. The Morgan fingerprint density at radius 1 is 1.44 bits per heavy atom. The second-order valence-corrected chi connectivity index (χ2v) is 3.27. The van der Waals surface area contributed by atoms with E-state index in [9.17, 15) is 9.59 Å². The lowest BCUT2D eigenvalue weighted by Crippen LogP contribution is -3.00. The second-order valence-electron chi connectivity index (χ2n) is 3.27. The van der Waals surface area contributed by atoms with Crippen molar-refractivity contribution in [3.8, 4) is 0 Å². The third kappa shape index (κ3) is 5.24. The highest BCUT2D eigenvalue weighted by Crippen LogP contribution is 1.93. The van der Waals surface area contributed by atoms with Gasteiger partial charge in [-0.2, -0.15) is 4.57 Å². The summed E-state index contributed by atoms with van der Waals surface area (Å²) in [6.45, 7) is 2.19. The van der Waals surface area contributed by atoms with Crippen LogP contribution < -0.4 is 32.4 Å². The van der Waals surface area contributed by atoms with Crippen molar-refractivity contribution in [2.24, 2.45) is 0 Å². The van der Waals surface area contributed by atoms with Crippen molar-refractivity contribution < 1.29 is 35.9 Å². The summed E-state index contributed by atoms with van der Waals surface area (Å²) in [5.41, 5.74) is 5.46. The van der Waals surface area contributed by atoms with Crippen LogP contribution in [0.15, 0.2) is 24.5 Å². The number of rotatable bonds is 5. The Hall–Kier alpha value is -1.47. The summed E-state index contributed by atoms with van der Waals surface area (Å²) in [5, 5.41) is 0. The standard InChI is InChI=1S/C11H15N3O3.BrH/c1-3-17-10(15)8-14-6-4-5-9(7-14)11(16)13-12-2;/h4-7,12H,3,8H2,1-2H3;1H. The maximum Gasteiger partial charge on any atom is 0.372 e. The highest BCUT2D eigenvalue weighted by atomic mass is 79.9. The van der Waals surface area contributed by atoms with Gasteiger partial charge in [0.15, 0.2) is 12.4 Å². The molecule has 0 saturated heterocycles. The summed E-state index contributed by atoms with van der Waals surface area (Å²) in [7, 11) is 1.60. The Morgan fingerprint density at radius 2 is 2.17 bits per heavy atom. The number of hydrazine groups is 1. The van der Waals surface area contributed by atoms with Crippen LogP contribution >= 0.6 is 0 Å². The molecule has 0 saturated carbocycles. The van der Waals surface area contributed by atoms with Crippen molar-refractivity contribution in [2.45, 2.75) is 13.5 Å². The fourth-order valence-electron chi connectivity index (χ4n) is 1.30. The van der Waals surface area contributed by atoms with E-state index < -0.39 is 0 Å². The number of ether oxygens (including phenoxy) is 1. The molecule has 1 aromatic heterocycles. The summed E-state index contributed by atoms with van der Waals surface area (Å²) < 4.78 is 6.42. The normalized spacial score (nSPS) is 9.22. The van der Waals surface area contributed by atoms with Crippen molar-refractivity contribution in [3.05, 3.63) is 30.1 Å². The SMILES string of the molecule is CCOC(=O)C[n+]1cccc(C(=O)NNC)c1.[Br-]. The molecular weight excluding hydrogens is 302 g/mol. The third-order valence-corrected chi connectivity index (χ3v) is 1.98. The molecule has 0 aromatic carbocycles. The number of aromatic nitrogens is 1. The van der Waals surface area contributed by atoms with Gasteiger partial charge in [-0.1, -0.05) is 0 Å². The molecule has 0 atom stereocenters. The minimum absolute atomic E-state index is 0. The number of esters is 1. The second kappa shape index (κ2) is 8.60. The third-order valence-electron chi connectivity index (χ3n) is 1.98. The van der Waals surface area contributed by atoms with Crippen LogP contribution in [0.1, 0.15) is 17.3 Å². The molecule has 0 aliphatic heterocycles. The average Bonchev–Trinajstić information content (AvgIpc) is 2.30. The lowest BCUT2D eigenvalue weighted by Gasteiger charge is -2.02. The molecule has 100 valence electrons. The van der Waals surface area contributed by atoms with E-state index in [-0.39, 0.29) is 35.4 Å². The topological polar surface area (TPSA) is 71.3 Å². The number of hydrogen-bond acceptors (Lipinski definition) is 4. The van der Waals surface area contributed by atoms with E-state index >= 15 is 0 Å². The van der Waals surface area contributed by atoms with Gasteiger partial charge >= 0.3 is 5.97 Å². The number of carbonyl (C=O) groups is 2. The molecule has 0 fully saturated rings. The largest absolute Gasteiger partial charge is 1.00 e. The number of pyridine rings is 1. The molecule has 0 radical (unpaired) electrons. The number of halogens is 1. The highest BCUT2D eigenvalue weighted by molar-refractivity contribution is 5.93. The molecule has 1 rings (SSSR count). The summed E-state index contributed by atoms with van der Waals surface area (Å²) >= 11 is 0. The molecule has 1 aromatic rings. The van der Waals surface area contributed by atoms with Crippen LogP contribution in [0.3, 0.4) is 0 Å². The maximum absolute atomic E-state index is 11.5. The molecule has 1 heterocycles. The van der Waals surface area contributed by atoms with Crippen LogP contribution in [0.2, 0.25) is 0 Å². The number of amides is 1. The molecule has 0 aliphatic rings. The average molecular weight is 318 g/mol. The Morgan fingerprint density at radius 3 is 2.78 bits per heavy atom. The Kier molecular flexibility index (Phi) is 7.89. The van der Waals surface area contributed by atoms with Gasteiger partial charge in [0.25, 0.3) is 5.91 Å². The molecule has 2 N–H and O–H groups in total. The van der Waals surface area contributed by atoms with Crippen molar-refractivity contribution in [3.63, 3.8) is 0 Å². The van der Waals surface area contributed by atoms with Gasteiger partial charge < -0.3 is 21.7 Å². The molecule has 6 nitrogen and oxygen atoms in total. The fourth-order valence-corrected chi connectivity index (χ4v) is 1.30. The predicted octanol–water partition coefficient (Wildman–Crippen LogP) is -3.59. The van der Waals surface area contributed by atoms with Crippen LogP contribution in [0.4, 0.5) is 0 Å². The van der Waals surface area contributed by atoms with Crippen LogP contribution in [0, 0.1) is 0 Å². The van der Waals surface area contributed by atoms with Gasteiger partial charge in [-0.15, -0.1) is 0 Å². The Labute approximate surface area is 116 Å². The fraction of sp³-hybridized carbons (Fsp3) is 0.364. The Bertz CT molecular complexity index is 412. The van der Waals surface area contributed by atoms with Gasteiger partial charge in [0.2, 0.25) is 6.54 Å². The van der Waals surface area contributed by atoms with E-state index in [0.717, 1.165) is 0 Å². The first-order valence-corrected chi connectivity index (χ1v) is 5.29. The van der Waals surface area contributed by atoms with E-state index in [1.807, 2.05) is 0 Å². The molecular formula is C11H16BrN3O3. The summed E-state index contributed by atoms with van der Waals surface area (Å²) in [4.78, 5) is 22.8. The summed E-state index contributed by atoms with van der Waals surface area (Å²) in [5.74, 6) is -0.589. The lowest BCUT2D eigenvalue weighted by atomic mass is 10.3. The van der Waals surface area contributed by atoms with Gasteiger partial charge in [0.1, 0.15) is 5.56 Å². The molecule has 0 aliphatic carbocycles. The predicted molar refractivity (Wildman–Crippen MR) is 59.8 cm³/mol. The molecule has 0 bridgehead atoms. The molecule has 0 unspecified atom stereocenters. The van der Waals surface area contributed by atoms with Crippen LogP contribution in [0.25, 0.3) is 0 Å². The molecule has 7 heteroatoms. The minimum Gasteiger partial charge on any atom is -1.00 e. The quantitative estimate of drug-likeness (QED) is 0.334. The lowest BCUT2D eigenvalue weighted by molar-refractivity contribution is -0.686. The van der Waals surface area contributed by atoms with E-state index in [4.69, 9.17) is 4.74 Å². The van der Waals surface area contributed by atoms with Crippen molar-refractivity contribution in [2.75, 3.05) is 13.7 Å². The number of carbonyl (C=O) groups excluding carboxylic acids is 2. The van der Waals surface area contributed by atoms with Gasteiger partial charge in [0, 0.05) is 13.1 Å².